The van der Waals surface area contributed by atoms with E-state index in [4.69, 9.17) is 16.2 Å². The summed E-state index contributed by atoms with van der Waals surface area (Å²) in [6.07, 6.45) is 1.98. The zero-order valence-corrected chi connectivity index (χ0v) is 10.7. The zero-order chi connectivity index (χ0) is 13.3. The molecule has 7 heteroatoms. The fraction of sp³-hybridized carbons (Fsp3) is 0.636. The minimum absolute atomic E-state index is 0.104. The molecule has 0 bridgehead atoms. The summed E-state index contributed by atoms with van der Waals surface area (Å²) in [7, 11) is 3.04. The van der Waals surface area contributed by atoms with Crippen LogP contribution in [-0.4, -0.2) is 42.0 Å². The summed E-state index contributed by atoms with van der Waals surface area (Å²) in [5.41, 5.74) is 12.1. The Balaban J connectivity index is 2.37. The highest BCUT2D eigenvalue weighted by Gasteiger charge is 2.28. The molecule has 1 aromatic rings. The Bertz CT molecular complexity index is 457. The molecule has 0 spiro atoms. The van der Waals surface area contributed by atoms with E-state index in [1.807, 2.05) is 4.90 Å². The van der Waals surface area contributed by atoms with E-state index in [9.17, 15) is 4.79 Å². The van der Waals surface area contributed by atoms with E-state index in [2.05, 4.69) is 5.10 Å². The van der Waals surface area contributed by atoms with Crippen molar-refractivity contribution in [2.75, 3.05) is 30.8 Å². The largest absolute Gasteiger partial charge is 0.465 e. The summed E-state index contributed by atoms with van der Waals surface area (Å²) in [6, 6.07) is 0.104. The van der Waals surface area contributed by atoms with Crippen LogP contribution in [0.1, 0.15) is 23.2 Å². The molecule has 0 aromatic carbocycles. The molecular formula is C11H19N5O2. The fourth-order valence-electron chi connectivity index (χ4n) is 2.24. The van der Waals surface area contributed by atoms with Crippen LogP contribution in [0.2, 0.25) is 0 Å². The molecule has 0 radical (unpaired) electrons. The second kappa shape index (κ2) is 4.85. The first-order chi connectivity index (χ1) is 8.54. The number of rotatable bonds is 2. The van der Waals surface area contributed by atoms with Gasteiger partial charge in [0.2, 0.25) is 0 Å². The van der Waals surface area contributed by atoms with E-state index < -0.39 is 5.97 Å². The molecular weight excluding hydrogens is 234 g/mol. The molecule has 0 aliphatic carbocycles. The minimum Gasteiger partial charge on any atom is -0.465 e. The van der Waals surface area contributed by atoms with Gasteiger partial charge in [-0.05, 0) is 12.8 Å². The number of aromatic nitrogens is 2. The number of hydrogen-bond acceptors (Lipinski definition) is 6. The highest BCUT2D eigenvalue weighted by atomic mass is 16.5. The van der Waals surface area contributed by atoms with Gasteiger partial charge < -0.3 is 21.1 Å². The lowest BCUT2D eigenvalue weighted by Gasteiger charge is -2.31. The number of ether oxygens (including phenoxy) is 1. The summed E-state index contributed by atoms with van der Waals surface area (Å²) < 4.78 is 6.25. The monoisotopic (exact) mass is 253 g/mol. The maximum atomic E-state index is 11.8. The van der Waals surface area contributed by atoms with Crippen molar-refractivity contribution in [1.82, 2.24) is 9.78 Å². The standard InChI is InChI=1S/C11H19N5O2/c1-15-9(13)8(11(17)18-2)10(14-15)16-5-3-4-7(12)6-16/h7H,3-6,12-13H2,1-2H3. The highest BCUT2D eigenvalue weighted by molar-refractivity contribution is 5.99. The second-order valence-corrected chi connectivity index (χ2v) is 4.55. The molecule has 2 rings (SSSR count). The van der Waals surface area contributed by atoms with Gasteiger partial charge in [-0.15, -0.1) is 0 Å². The van der Waals surface area contributed by atoms with Crippen LogP contribution in [0.4, 0.5) is 11.6 Å². The van der Waals surface area contributed by atoms with Gasteiger partial charge >= 0.3 is 5.97 Å². The van der Waals surface area contributed by atoms with Crippen molar-refractivity contribution in [3.05, 3.63) is 5.56 Å². The number of hydrogen-bond donors (Lipinski definition) is 2. The molecule has 1 atom stereocenters. The van der Waals surface area contributed by atoms with Crippen molar-refractivity contribution in [3.8, 4) is 0 Å². The molecule has 100 valence electrons. The van der Waals surface area contributed by atoms with Crippen LogP contribution in [0.15, 0.2) is 0 Å². The Morgan fingerprint density at radius 2 is 2.28 bits per heavy atom. The molecule has 2 heterocycles. The molecule has 4 N–H and O–H groups in total. The van der Waals surface area contributed by atoms with Crippen LogP contribution in [0.3, 0.4) is 0 Å². The molecule has 1 saturated heterocycles. The summed E-state index contributed by atoms with van der Waals surface area (Å²) in [6.45, 7) is 1.51. The molecule has 18 heavy (non-hydrogen) atoms. The molecule has 1 unspecified atom stereocenters. The highest BCUT2D eigenvalue weighted by Crippen LogP contribution is 2.27. The van der Waals surface area contributed by atoms with Crippen LogP contribution >= 0.6 is 0 Å². The number of nitrogens with two attached hydrogens (primary N) is 2. The number of nitrogen functional groups attached to an aromatic ring is 1. The molecule has 0 saturated carbocycles. The Morgan fingerprint density at radius 1 is 1.56 bits per heavy atom. The summed E-state index contributed by atoms with van der Waals surface area (Å²) >= 11 is 0. The third-order valence-corrected chi connectivity index (χ3v) is 3.22. The van der Waals surface area contributed by atoms with Crippen molar-refractivity contribution < 1.29 is 9.53 Å². The first-order valence-electron chi connectivity index (χ1n) is 5.96. The zero-order valence-electron chi connectivity index (χ0n) is 10.7. The Hall–Kier alpha value is -1.76. The van der Waals surface area contributed by atoms with Crippen molar-refractivity contribution in [2.45, 2.75) is 18.9 Å². The van der Waals surface area contributed by atoms with Gasteiger partial charge in [-0.1, -0.05) is 0 Å². The van der Waals surface area contributed by atoms with E-state index in [-0.39, 0.29) is 6.04 Å². The first-order valence-corrected chi connectivity index (χ1v) is 5.96. The van der Waals surface area contributed by atoms with Crippen LogP contribution in [0.5, 0.6) is 0 Å². The smallest absolute Gasteiger partial charge is 0.345 e. The maximum Gasteiger partial charge on any atom is 0.345 e. The Morgan fingerprint density at radius 3 is 2.89 bits per heavy atom. The van der Waals surface area contributed by atoms with Crippen LogP contribution < -0.4 is 16.4 Å². The first kappa shape index (κ1) is 12.7. The third kappa shape index (κ3) is 2.13. The van der Waals surface area contributed by atoms with Gasteiger partial charge in [0.15, 0.2) is 5.82 Å². The van der Waals surface area contributed by atoms with E-state index in [0.717, 1.165) is 19.4 Å². The topological polar surface area (TPSA) is 99.4 Å². The van der Waals surface area contributed by atoms with Gasteiger partial charge in [-0.2, -0.15) is 5.10 Å². The van der Waals surface area contributed by atoms with Gasteiger partial charge in [-0.3, -0.25) is 4.68 Å². The number of aryl methyl sites for hydroxylation is 1. The summed E-state index contributed by atoms with van der Waals surface area (Å²) in [5, 5.41) is 4.30. The fourth-order valence-corrected chi connectivity index (χ4v) is 2.24. The normalized spacial score (nSPS) is 19.9. The number of carbonyl (C=O) groups excluding carboxylic acids is 1. The van der Waals surface area contributed by atoms with E-state index in [1.165, 1.54) is 11.8 Å². The molecule has 1 aliphatic rings. The molecule has 1 aromatic heterocycles. The number of carbonyl (C=O) groups is 1. The molecule has 7 nitrogen and oxygen atoms in total. The average Bonchev–Trinajstić information content (AvgIpc) is 2.65. The van der Waals surface area contributed by atoms with E-state index >= 15 is 0 Å². The van der Waals surface area contributed by atoms with Gasteiger partial charge in [-0.25, -0.2) is 4.79 Å². The lowest BCUT2D eigenvalue weighted by atomic mass is 10.1. The minimum atomic E-state index is -0.463. The number of anilines is 2. The number of esters is 1. The van der Waals surface area contributed by atoms with Crippen LogP contribution in [-0.2, 0) is 11.8 Å². The molecule has 1 fully saturated rings. The van der Waals surface area contributed by atoms with Crippen molar-refractivity contribution in [2.24, 2.45) is 12.8 Å². The SMILES string of the molecule is COC(=O)c1c(N2CCCC(N)C2)nn(C)c1N. The Labute approximate surface area is 106 Å². The number of methoxy groups -OCH3 is 1. The van der Waals surface area contributed by atoms with Crippen LogP contribution in [0.25, 0.3) is 0 Å². The molecule has 0 amide bonds. The third-order valence-electron chi connectivity index (χ3n) is 3.22. The summed E-state index contributed by atoms with van der Waals surface area (Å²) in [4.78, 5) is 13.8. The van der Waals surface area contributed by atoms with Gasteiger partial charge in [0.25, 0.3) is 0 Å². The van der Waals surface area contributed by atoms with E-state index in [1.54, 1.807) is 7.05 Å². The van der Waals surface area contributed by atoms with E-state index in [0.29, 0.717) is 23.7 Å². The van der Waals surface area contributed by atoms with Gasteiger partial charge in [0.05, 0.1) is 7.11 Å². The van der Waals surface area contributed by atoms with Gasteiger partial charge in [0, 0.05) is 26.2 Å². The summed E-state index contributed by atoms with van der Waals surface area (Å²) in [5.74, 6) is 0.419. The predicted molar refractivity (Wildman–Crippen MR) is 68.4 cm³/mol. The average molecular weight is 253 g/mol. The van der Waals surface area contributed by atoms with Crippen molar-refractivity contribution in [3.63, 3.8) is 0 Å². The maximum absolute atomic E-state index is 11.8. The Kier molecular flexibility index (Phi) is 3.42. The molecule has 1 aliphatic heterocycles. The second-order valence-electron chi connectivity index (χ2n) is 4.55. The van der Waals surface area contributed by atoms with Crippen molar-refractivity contribution >= 4 is 17.6 Å². The van der Waals surface area contributed by atoms with Crippen molar-refractivity contribution in [1.29, 1.82) is 0 Å². The quantitative estimate of drug-likeness (QED) is 0.703. The van der Waals surface area contributed by atoms with Gasteiger partial charge in [0.1, 0.15) is 11.4 Å². The lowest BCUT2D eigenvalue weighted by molar-refractivity contribution is 0.0602. The lowest BCUT2D eigenvalue weighted by Crippen LogP contribution is -2.43. The number of nitrogens with zero attached hydrogens (tertiary/aromatic N) is 3. The van der Waals surface area contributed by atoms with Crippen LogP contribution in [0, 0.1) is 0 Å². The number of piperidine rings is 1. The predicted octanol–water partition coefficient (Wildman–Crippen LogP) is -0.284.